The second-order valence-corrected chi connectivity index (χ2v) is 11.8. The second-order valence-electron chi connectivity index (χ2n) is 11.8. The molecule has 4 aromatic carbocycles. The van der Waals surface area contributed by atoms with E-state index < -0.39 is 0 Å². The largest absolute Gasteiger partial charge is 0.354 e. The van der Waals surface area contributed by atoms with E-state index in [0.717, 1.165) is 17.8 Å². The van der Waals surface area contributed by atoms with Crippen LogP contribution < -0.4 is 0 Å². The van der Waals surface area contributed by atoms with E-state index in [9.17, 15) is 0 Å². The minimum Gasteiger partial charge on any atom is -0.354 e. The average Bonchev–Trinajstić information content (AvgIpc) is 3.45. The summed E-state index contributed by atoms with van der Waals surface area (Å²) in [5.41, 5.74) is 11.5. The van der Waals surface area contributed by atoms with Gasteiger partial charge in [-0.3, -0.25) is 0 Å². The van der Waals surface area contributed by atoms with E-state index in [2.05, 4.69) is 96.8 Å². The highest BCUT2D eigenvalue weighted by molar-refractivity contribution is 6.14. The van der Waals surface area contributed by atoms with Gasteiger partial charge < -0.3 is 4.98 Å². The Morgan fingerprint density at radius 1 is 0.750 bits per heavy atom. The van der Waals surface area contributed by atoms with E-state index in [1.54, 1.807) is 11.1 Å². The van der Waals surface area contributed by atoms with Crippen LogP contribution in [0.1, 0.15) is 56.6 Å². The number of aromatic amines is 1. The fourth-order valence-corrected chi connectivity index (χ4v) is 8.60. The smallest absolute Gasteiger partial charge is 0.0471 e. The van der Waals surface area contributed by atoms with Gasteiger partial charge in [0.25, 0.3) is 0 Å². The van der Waals surface area contributed by atoms with Crippen molar-refractivity contribution in [3.8, 4) is 22.3 Å². The molecule has 3 aliphatic carbocycles. The highest BCUT2D eigenvalue weighted by Gasteiger charge is 2.53. The van der Waals surface area contributed by atoms with E-state index in [4.69, 9.17) is 0 Å². The lowest BCUT2D eigenvalue weighted by Gasteiger charge is -2.51. The summed E-state index contributed by atoms with van der Waals surface area (Å²) in [4.78, 5) is 3.64. The number of benzene rings is 4. The van der Waals surface area contributed by atoms with Crippen LogP contribution >= 0.6 is 0 Å². The van der Waals surface area contributed by atoms with Crippen LogP contribution in [0.5, 0.6) is 0 Å². The number of hydrogen-bond acceptors (Lipinski definition) is 0. The van der Waals surface area contributed by atoms with Crippen LogP contribution in [0.4, 0.5) is 0 Å². The zero-order chi connectivity index (χ0) is 23.9. The van der Waals surface area contributed by atoms with E-state index in [-0.39, 0.29) is 5.41 Å². The van der Waals surface area contributed by atoms with Crippen molar-refractivity contribution in [2.75, 3.05) is 0 Å². The van der Waals surface area contributed by atoms with Crippen LogP contribution in [0.15, 0.2) is 84.9 Å². The molecule has 0 saturated heterocycles. The number of nitrogens with one attached hydrogen (secondary N) is 1. The summed E-state index contributed by atoms with van der Waals surface area (Å²) in [6.07, 6.45) is 8.32. The molecule has 1 spiro atoms. The third kappa shape index (κ3) is 2.72. The molecule has 2 bridgehead atoms. The zero-order valence-corrected chi connectivity index (χ0v) is 21.1. The first-order chi connectivity index (χ1) is 17.8. The molecule has 5 aromatic rings. The van der Waals surface area contributed by atoms with Gasteiger partial charge in [-0.1, -0.05) is 80.1 Å². The standard InChI is InChI=1S/C35H33N/c1-2-22-18-23-16-17-35(25(19-22)20-23)30-11-5-3-8-27(30)29-21-24(14-15-31(29)35)26-10-7-13-33-34(26)28-9-4-6-12-32(28)36-33/h3-15,21-23,25,36H,2,16-20H2,1H3. The Kier molecular flexibility index (Phi) is 4.39. The number of rotatable bonds is 2. The van der Waals surface area contributed by atoms with Crippen molar-refractivity contribution in [1.29, 1.82) is 0 Å². The summed E-state index contributed by atoms with van der Waals surface area (Å²) in [5, 5.41) is 2.65. The SMILES string of the molecule is CCC1CC2CCC3(c4ccccc4-c4cc(-c5cccc6[nH]c7ccccc7c56)ccc43)C(C1)C2. The second kappa shape index (κ2) is 7.59. The van der Waals surface area contributed by atoms with Gasteiger partial charge in [-0.2, -0.15) is 0 Å². The fourth-order valence-electron chi connectivity index (χ4n) is 8.60. The van der Waals surface area contributed by atoms with E-state index in [0.29, 0.717) is 0 Å². The number of aromatic nitrogens is 1. The van der Waals surface area contributed by atoms with Gasteiger partial charge in [-0.25, -0.2) is 0 Å². The van der Waals surface area contributed by atoms with Gasteiger partial charge in [-0.05, 0) is 101 Å². The molecule has 1 heteroatoms. The van der Waals surface area contributed by atoms with Crippen LogP contribution in [-0.4, -0.2) is 4.98 Å². The molecule has 1 nitrogen and oxygen atoms in total. The predicted molar refractivity (Wildman–Crippen MR) is 151 cm³/mol. The van der Waals surface area contributed by atoms with Gasteiger partial charge in [0.1, 0.15) is 0 Å². The van der Waals surface area contributed by atoms with Gasteiger partial charge in [0, 0.05) is 27.2 Å². The van der Waals surface area contributed by atoms with Gasteiger partial charge in [0.2, 0.25) is 0 Å². The highest BCUT2D eigenvalue weighted by Crippen LogP contribution is 2.63. The number of hydrogen-bond donors (Lipinski definition) is 1. The molecule has 178 valence electrons. The van der Waals surface area contributed by atoms with Crippen molar-refractivity contribution in [2.45, 2.75) is 50.9 Å². The van der Waals surface area contributed by atoms with E-state index in [1.165, 1.54) is 82.6 Å². The third-order valence-corrected chi connectivity index (χ3v) is 10.2. The molecular weight excluding hydrogens is 434 g/mol. The quantitative estimate of drug-likeness (QED) is 0.266. The number of para-hydroxylation sites is 1. The molecule has 1 N–H and O–H groups in total. The molecule has 0 aliphatic heterocycles. The molecule has 1 heterocycles. The van der Waals surface area contributed by atoms with E-state index in [1.807, 2.05) is 0 Å². The van der Waals surface area contributed by atoms with E-state index >= 15 is 0 Å². The lowest BCUT2D eigenvalue weighted by molar-refractivity contribution is 0.0778. The van der Waals surface area contributed by atoms with Crippen LogP contribution in [0.25, 0.3) is 44.1 Å². The lowest BCUT2D eigenvalue weighted by atomic mass is 9.53. The highest BCUT2D eigenvalue weighted by atomic mass is 14.7. The number of fused-ring (bicyclic) bond motifs is 11. The molecule has 1 aromatic heterocycles. The third-order valence-electron chi connectivity index (χ3n) is 10.2. The Labute approximate surface area is 213 Å². The Balaban J connectivity index is 1.34. The molecule has 3 aliphatic rings. The summed E-state index contributed by atoms with van der Waals surface area (Å²) in [7, 11) is 0. The monoisotopic (exact) mass is 467 g/mol. The Morgan fingerprint density at radius 3 is 2.50 bits per heavy atom. The first-order valence-electron chi connectivity index (χ1n) is 14.0. The van der Waals surface area contributed by atoms with Crippen molar-refractivity contribution in [3.05, 3.63) is 96.1 Å². The molecule has 0 amide bonds. The van der Waals surface area contributed by atoms with Gasteiger partial charge in [0.05, 0.1) is 0 Å². The first-order valence-corrected chi connectivity index (χ1v) is 14.0. The molecule has 36 heavy (non-hydrogen) atoms. The van der Waals surface area contributed by atoms with Gasteiger partial charge >= 0.3 is 0 Å². The van der Waals surface area contributed by atoms with Crippen LogP contribution in [0, 0.1) is 17.8 Å². The van der Waals surface area contributed by atoms with Crippen molar-refractivity contribution in [1.82, 2.24) is 4.98 Å². The minimum absolute atomic E-state index is 0.210. The van der Waals surface area contributed by atoms with Crippen molar-refractivity contribution in [3.63, 3.8) is 0 Å². The molecule has 2 fully saturated rings. The molecule has 0 radical (unpaired) electrons. The normalized spacial score (nSPS) is 26.4. The zero-order valence-electron chi connectivity index (χ0n) is 21.1. The fraction of sp³-hybridized carbons (Fsp3) is 0.314. The maximum atomic E-state index is 3.64. The molecule has 4 atom stereocenters. The Bertz CT molecular complexity index is 1640. The maximum Gasteiger partial charge on any atom is 0.0471 e. The number of H-pyrrole nitrogens is 1. The first kappa shape index (κ1) is 20.8. The summed E-state index contributed by atoms with van der Waals surface area (Å²) < 4.78 is 0. The Morgan fingerprint density at radius 2 is 1.56 bits per heavy atom. The molecule has 4 unspecified atom stereocenters. The molecular formula is C35H33N. The summed E-state index contributed by atoms with van der Waals surface area (Å²) in [5.74, 6) is 2.62. The van der Waals surface area contributed by atoms with Crippen molar-refractivity contribution >= 4 is 21.8 Å². The average molecular weight is 468 g/mol. The molecule has 8 rings (SSSR count). The summed E-state index contributed by atoms with van der Waals surface area (Å²) >= 11 is 0. The van der Waals surface area contributed by atoms with Crippen LogP contribution in [0.2, 0.25) is 0 Å². The minimum atomic E-state index is 0.210. The van der Waals surface area contributed by atoms with Crippen LogP contribution in [-0.2, 0) is 5.41 Å². The van der Waals surface area contributed by atoms with Gasteiger partial charge in [0.15, 0.2) is 0 Å². The summed E-state index contributed by atoms with van der Waals surface area (Å²) in [6, 6.07) is 32.3. The maximum absolute atomic E-state index is 3.64. The van der Waals surface area contributed by atoms with Crippen LogP contribution in [0.3, 0.4) is 0 Å². The molecule has 2 saturated carbocycles. The van der Waals surface area contributed by atoms with Crippen molar-refractivity contribution in [2.24, 2.45) is 17.8 Å². The van der Waals surface area contributed by atoms with Gasteiger partial charge in [-0.15, -0.1) is 0 Å². The lowest BCUT2D eigenvalue weighted by Crippen LogP contribution is -2.44. The Hall–Kier alpha value is -3.32. The van der Waals surface area contributed by atoms with Crippen molar-refractivity contribution < 1.29 is 0 Å². The predicted octanol–water partition coefficient (Wildman–Crippen LogP) is 9.49. The topological polar surface area (TPSA) is 15.8 Å². The summed E-state index contributed by atoms with van der Waals surface area (Å²) in [6.45, 7) is 2.41.